The van der Waals surface area contributed by atoms with Gasteiger partial charge in [-0.1, -0.05) is 53.0 Å². The Bertz CT molecular complexity index is 1110. The van der Waals surface area contributed by atoms with E-state index in [9.17, 15) is 0 Å². The summed E-state index contributed by atoms with van der Waals surface area (Å²) < 4.78 is 0. The summed E-state index contributed by atoms with van der Waals surface area (Å²) in [7, 11) is 0. The molecule has 0 saturated heterocycles. The molecule has 0 radical (unpaired) electrons. The molecule has 4 nitrogen and oxygen atoms in total. The van der Waals surface area contributed by atoms with Crippen molar-refractivity contribution in [1.29, 1.82) is 0 Å². The Morgan fingerprint density at radius 1 is 0.815 bits per heavy atom. The van der Waals surface area contributed by atoms with E-state index in [0.29, 0.717) is 27.5 Å². The van der Waals surface area contributed by atoms with Crippen molar-refractivity contribution in [2.75, 3.05) is 10.6 Å². The van der Waals surface area contributed by atoms with Crippen molar-refractivity contribution in [2.24, 2.45) is 0 Å². The molecule has 0 amide bonds. The zero-order valence-electron chi connectivity index (χ0n) is 14.5. The third-order valence-corrected chi connectivity index (χ3v) is 4.66. The number of fused-ring (bicyclic) bond motifs is 1. The minimum Gasteiger partial charge on any atom is -0.340 e. The predicted molar refractivity (Wildman–Crippen MR) is 114 cm³/mol. The maximum Gasteiger partial charge on any atom is 0.229 e. The van der Waals surface area contributed by atoms with Gasteiger partial charge < -0.3 is 10.6 Å². The highest BCUT2D eigenvalue weighted by atomic mass is 35.5. The first kappa shape index (κ1) is 17.6. The number of aromatic nitrogens is 2. The second kappa shape index (κ2) is 7.43. The molecule has 4 aromatic rings. The average Bonchev–Trinajstić information content (AvgIpc) is 2.66. The summed E-state index contributed by atoms with van der Waals surface area (Å²) in [6.45, 7) is 2.06. The van der Waals surface area contributed by atoms with Gasteiger partial charge in [-0.3, -0.25) is 0 Å². The van der Waals surface area contributed by atoms with Gasteiger partial charge in [-0.15, -0.1) is 0 Å². The summed E-state index contributed by atoms with van der Waals surface area (Å²) in [6, 6.07) is 21.2. The Morgan fingerprint density at radius 3 is 2.41 bits per heavy atom. The van der Waals surface area contributed by atoms with Crippen molar-refractivity contribution in [1.82, 2.24) is 9.97 Å². The molecule has 4 rings (SSSR count). The van der Waals surface area contributed by atoms with Crippen molar-refractivity contribution in [2.45, 2.75) is 6.92 Å². The number of aryl methyl sites for hydroxylation is 1. The van der Waals surface area contributed by atoms with Crippen LogP contribution in [-0.2, 0) is 0 Å². The van der Waals surface area contributed by atoms with Crippen LogP contribution in [0.2, 0.25) is 10.0 Å². The highest BCUT2D eigenvalue weighted by molar-refractivity contribution is 6.35. The molecule has 0 atom stereocenters. The Morgan fingerprint density at radius 2 is 1.59 bits per heavy atom. The molecule has 0 aliphatic rings. The molecule has 3 aromatic carbocycles. The number of hydrogen-bond acceptors (Lipinski definition) is 4. The van der Waals surface area contributed by atoms with E-state index in [4.69, 9.17) is 23.2 Å². The lowest BCUT2D eigenvalue weighted by molar-refractivity contribution is 1.21. The second-order valence-corrected chi connectivity index (χ2v) is 7.00. The first-order valence-electron chi connectivity index (χ1n) is 8.41. The molecular formula is C21H16Cl2N4. The van der Waals surface area contributed by atoms with Crippen LogP contribution in [0, 0.1) is 6.92 Å². The quantitative estimate of drug-likeness (QED) is 0.402. The van der Waals surface area contributed by atoms with E-state index in [2.05, 4.69) is 39.7 Å². The van der Waals surface area contributed by atoms with Gasteiger partial charge in [0.1, 0.15) is 5.82 Å². The minimum absolute atomic E-state index is 0.437. The van der Waals surface area contributed by atoms with Crippen molar-refractivity contribution in [3.05, 3.63) is 82.3 Å². The lowest BCUT2D eigenvalue weighted by Crippen LogP contribution is -2.02. The van der Waals surface area contributed by atoms with Crippen LogP contribution >= 0.6 is 23.2 Å². The van der Waals surface area contributed by atoms with Crippen molar-refractivity contribution < 1.29 is 0 Å². The Hall–Kier alpha value is -2.82. The normalized spacial score (nSPS) is 10.8. The highest BCUT2D eigenvalue weighted by Gasteiger charge is 2.10. The smallest absolute Gasteiger partial charge is 0.229 e. The Kier molecular flexibility index (Phi) is 4.84. The van der Waals surface area contributed by atoms with Gasteiger partial charge in [-0.25, -0.2) is 4.98 Å². The van der Waals surface area contributed by atoms with Gasteiger partial charge in [0.15, 0.2) is 0 Å². The highest BCUT2D eigenvalue weighted by Crippen LogP contribution is 2.30. The van der Waals surface area contributed by atoms with E-state index in [-0.39, 0.29) is 0 Å². The number of nitrogens with zero attached hydrogens (tertiary/aromatic N) is 2. The van der Waals surface area contributed by atoms with Gasteiger partial charge in [0.2, 0.25) is 5.95 Å². The van der Waals surface area contributed by atoms with E-state index in [1.54, 1.807) is 18.2 Å². The lowest BCUT2D eigenvalue weighted by atomic mass is 10.2. The number of nitrogens with one attached hydrogen (secondary N) is 2. The monoisotopic (exact) mass is 394 g/mol. The van der Waals surface area contributed by atoms with E-state index in [0.717, 1.165) is 16.6 Å². The van der Waals surface area contributed by atoms with Crippen molar-refractivity contribution >= 4 is 57.2 Å². The SMILES string of the molecule is Cc1ccc(Nc2nc(Nc3cc(Cl)ccc3Cl)nc3ccccc23)cc1. The molecule has 0 unspecified atom stereocenters. The largest absolute Gasteiger partial charge is 0.340 e. The zero-order valence-corrected chi connectivity index (χ0v) is 16.0. The fourth-order valence-corrected chi connectivity index (χ4v) is 3.05. The van der Waals surface area contributed by atoms with E-state index < -0.39 is 0 Å². The molecule has 0 fully saturated rings. The second-order valence-electron chi connectivity index (χ2n) is 6.15. The fraction of sp³-hybridized carbons (Fsp3) is 0.0476. The fourth-order valence-electron chi connectivity index (χ4n) is 2.72. The number of rotatable bonds is 4. The average molecular weight is 395 g/mol. The van der Waals surface area contributed by atoms with Crippen LogP contribution in [-0.4, -0.2) is 9.97 Å². The molecular weight excluding hydrogens is 379 g/mol. The van der Waals surface area contributed by atoms with Crippen molar-refractivity contribution in [3.8, 4) is 0 Å². The molecule has 134 valence electrons. The van der Waals surface area contributed by atoms with Gasteiger partial charge in [0, 0.05) is 16.1 Å². The number of benzene rings is 3. The molecule has 0 aliphatic carbocycles. The number of hydrogen-bond donors (Lipinski definition) is 2. The Labute approximate surface area is 167 Å². The van der Waals surface area contributed by atoms with Crippen LogP contribution in [0.4, 0.5) is 23.1 Å². The van der Waals surface area contributed by atoms with E-state index in [1.807, 2.05) is 36.4 Å². The molecule has 6 heteroatoms. The molecule has 0 spiro atoms. The minimum atomic E-state index is 0.437. The first-order valence-corrected chi connectivity index (χ1v) is 9.17. The third-order valence-electron chi connectivity index (χ3n) is 4.09. The van der Waals surface area contributed by atoms with Crippen LogP contribution in [0.25, 0.3) is 10.9 Å². The van der Waals surface area contributed by atoms with E-state index in [1.165, 1.54) is 5.56 Å². The maximum absolute atomic E-state index is 6.26. The van der Waals surface area contributed by atoms with Gasteiger partial charge in [0.05, 0.1) is 16.2 Å². The lowest BCUT2D eigenvalue weighted by Gasteiger charge is -2.13. The Balaban J connectivity index is 1.76. The summed E-state index contributed by atoms with van der Waals surface area (Å²) in [5.74, 6) is 1.15. The van der Waals surface area contributed by atoms with Crippen LogP contribution in [0.1, 0.15) is 5.56 Å². The van der Waals surface area contributed by atoms with Gasteiger partial charge in [-0.2, -0.15) is 4.98 Å². The summed E-state index contributed by atoms with van der Waals surface area (Å²) in [6.07, 6.45) is 0. The summed E-state index contributed by atoms with van der Waals surface area (Å²) >= 11 is 12.3. The molecule has 1 aromatic heterocycles. The van der Waals surface area contributed by atoms with Gasteiger partial charge >= 0.3 is 0 Å². The summed E-state index contributed by atoms with van der Waals surface area (Å²) in [5, 5.41) is 8.60. The molecule has 2 N–H and O–H groups in total. The molecule has 0 aliphatic heterocycles. The first-order chi connectivity index (χ1) is 13.1. The molecule has 0 bridgehead atoms. The van der Waals surface area contributed by atoms with Crippen LogP contribution in [0.15, 0.2) is 66.7 Å². The maximum atomic E-state index is 6.26. The van der Waals surface area contributed by atoms with Crippen molar-refractivity contribution in [3.63, 3.8) is 0 Å². The van der Waals surface area contributed by atoms with Crippen LogP contribution in [0.3, 0.4) is 0 Å². The number of halogens is 2. The number of anilines is 4. The standard InChI is InChI=1S/C21H16Cl2N4/c1-13-6-9-15(10-7-13)24-20-16-4-2-3-5-18(16)25-21(27-20)26-19-12-14(22)8-11-17(19)23/h2-12H,1H3,(H2,24,25,26,27). The van der Waals surface area contributed by atoms with Crippen LogP contribution < -0.4 is 10.6 Å². The summed E-state index contributed by atoms with van der Waals surface area (Å²) in [5.41, 5.74) is 3.63. The molecule has 27 heavy (non-hydrogen) atoms. The van der Waals surface area contributed by atoms with Crippen LogP contribution in [0.5, 0.6) is 0 Å². The molecule has 1 heterocycles. The zero-order chi connectivity index (χ0) is 18.8. The molecule has 0 saturated carbocycles. The van der Waals surface area contributed by atoms with E-state index >= 15 is 0 Å². The topological polar surface area (TPSA) is 49.8 Å². The number of para-hydroxylation sites is 1. The van der Waals surface area contributed by atoms with Gasteiger partial charge in [0.25, 0.3) is 0 Å². The van der Waals surface area contributed by atoms with Gasteiger partial charge in [-0.05, 0) is 49.4 Å². The summed E-state index contributed by atoms with van der Waals surface area (Å²) in [4.78, 5) is 9.24. The third kappa shape index (κ3) is 3.97. The predicted octanol–water partition coefficient (Wildman–Crippen LogP) is 6.73.